The van der Waals surface area contributed by atoms with Gasteiger partial charge < -0.3 is 14.6 Å². The number of hydrogen-bond donors (Lipinski definition) is 1. The van der Waals surface area contributed by atoms with Crippen LogP contribution in [0.25, 0.3) is 11.3 Å². The zero-order valence-electron chi connectivity index (χ0n) is 21.6. The molecule has 0 saturated carbocycles. The van der Waals surface area contributed by atoms with Crippen LogP contribution in [0.1, 0.15) is 16.7 Å². The van der Waals surface area contributed by atoms with Crippen molar-refractivity contribution in [1.82, 2.24) is 14.7 Å². The molecule has 0 saturated heterocycles. The van der Waals surface area contributed by atoms with Crippen molar-refractivity contribution in [2.24, 2.45) is 7.05 Å². The Hall–Kier alpha value is -3.71. The molecule has 0 aliphatic heterocycles. The molecular formula is C31H35N3O3. The van der Waals surface area contributed by atoms with Gasteiger partial charge in [-0.2, -0.15) is 5.10 Å². The number of nitrogens with zero attached hydrogens (tertiary/aromatic N) is 3. The molecule has 1 aromatic heterocycles. The first-order valence-electron chi connectivity index (χ1n) is 12.5. The predicted molar refractivity (Wildman–Crippen MR) is 147 cm³/mol. The third-order valence-electron chi connectivity index (χ3n) is 6.02. The average molecular weight is 498 g/mol. The highest BCUT2D eigenvalue weighted by Gasteiger charge is 2.23. The minimum atomic E-state index is -0.651. The maximum atomic E-state index is 10.8. The van der Waals surface area contributed by atoms with Gasteiger partial charge in [-0.15, -0.1) is 6.58 Å². The summed E-state index contributed by atoms with van der Waals surface area (Å²) in [6.45, 7) is 8.00. The first-order valence-corrected chi connectivity index (χ1v) is 12.5. The van der Waals surface area contributed by atoms with E-state index >= 15 is 0 Å². The molecule has 192 valence electrons. The maximum absolute atomic E-state index is 10.8. The fourth-order valence-electron chi connectivity index (χ4n) is 4.26. The monoisotopic (exact) mass is 497 g/mol. The van der Waals surface area contributed by atoms with Gasteiger partial charge in [0, 0.05) is 32.2 Å². The minimum absolute atomic E-state index is 0.239. The lowest BCUT2D eigenvalue weighted by molar-refractivity contribution is 0.0228. The van der Waals surface area contributed by atoms with Crippen molar-refractivity contribution in [3.63, 3.8) is 0 Å². The number of hydrogen-bond acceptors (Lipinski definition) is 5. The molecule has 37 heavy (non-hydrogen) atoms. The maximum Gasteiger partial charge on any atom is 0.222 e. The highest BCUT2D eigenvalue weighted by molar-refractivity contribution is 5.65. The van der Waals surface area contributed by atoms with Crippen LogP contribution in [0, 0.1) is 6.92 Å². The number of ether oxygens (including phenoxy) is 2. The summed E-state index contributed by atoms with van der Waals surface area (Å²) in [7, 11) is 1.90. The average Bonchev–Trinajstić information content (AvgIpc) is 3.21. The fraction of sp³-hybridized carbons (Fsp3) is 0.258. The van der Waals surface area contributed by atoms with E-state index in [-0.39, 0.29) is 6.61 Å². The molecule has 0 aliphatic rings. The molecule has 0 unspecified atom stereocenters. The molecule has 6 nitrogen and oxygen atoms in total. The van der Waals surface area contributed by atoms with Crippen LogP contribution in [0.15, 0.2) is 97.6 Å². The molecule has 0 amide bonds. The van der Waals surface area contributed by atoms with Crippen molar-refractivity contribution >= 4 is 0 Å². The minimum Gasteiger partial charge on any atom is -0.439 e. The summed E-state index contributed by atoms with van der Waals surface area (Å²) in [6, 6.07) is 28.4. The molecule has 3 aromatic carbocycles. The lowest BCUT2D eigenvalue weighted by Gasteiger charge is -2.26. The number of rotatable bonds is 13. The molecule has 0 aliphatic carbocycles. The van der Waals surface area contributed by atoms with Gasteiger partial charge in [-0.1, -0.05) is 84.4 Å². The van der Waals surface area contributed by atoms with Crippen LogP contribution < -0.4 is 4.74 Å². The van der Waals surface area contributed by atoms with Crippen LogP contribution in [-0.4, -0.2) is 45.6 Å². The van der Waals surface area contributed by atoms with Gasteiger partial charge in [0.1, 0.15) is 11.4 Å². The Kier molecular flexibility index (Phi) is 9.27. The Morgan fingerprint density at radius 2 is 1.65 bits per heavy atom. The number of aromatic nitrogens is 2. The molecule has 1 N–H and O–H groups in total. The standard InChI is InChI=1S/C31H35N3O3/c1-4-19-36-23-27(35)21-34(20-25-11-7-5-8-12-25)22-29-30(26-13-9-6-10-14-26)32-33(3)31(29)37-28-17-15-24(2)16-18-28/h4-18,27,35H,1,19-23H2,2-3H3/t27-/m0/s1. The third kappa shape index (κ3) is 7.40. The van der Waals surface area contributed by atoms with Crippen LogP contribution in [0.3, 0.4) is 0 Å². The van der Waals surface area contributed by atoms with Crippen molar-refractivity contribution < 1.29 is 14.6 Å². The van der Waals surface area contributed by atoms with E-state index in [9.17, 15) is 5.11 Å². The quantitative estimate of drug-likeness (QED) is 0.188. The normalized spacial score (nSPS) is 12.0. The molecule has 4 rings (SSSR count). The molecule has 1 heterocycles. The van der Waals surface area contributed by atoms with E-state index in [1.165, 1.54) is 5.56 Å². The topological polar surface area (TPSA) is 59.8 Å². The first-order chi connectivity index (χ1) is 18.0. The Morgan fingerprint density at radius 3 is 2.32 bits per heavy atom. The van der Waals surface area contributed by atoms with E-state index in [4.69, 9.17) is 14.6 Å². The van der Waals surface area contributed by atoms with E-state index in [2.05, 4.69) is 42.7 Å². The molecule has 1 atom stereocenters. The van der Waals surface area contributed by atoms with Gasteiger partial charge >= 0.3 is 0 Å². The van der Waals surface area contributed by atoms with E-state index in [0.29, 0.717) is 32.1 Å². The number of aliphatic hydroxyl groups excluding tert-OH is 1. The Balaban J connectivity index is 1.68. The summed E-state index contributed by atoms with van der Waals surface area (Å²) < 4.78 is 13.7. The largest absolute Gasteiger partial charge is 0.439 e. The van der Waals surface area contributed by atoms with Gasteiger partial charge in [-0.25, -0.2) is 4.68 Å². The Labute approximate surface area is 219 Å². The highest BCUT2D eigenvalue weighted by atomic mass is 16.5. The van der Waals surface area contributed by atoms with Crippen molar-refractivity contribution in [3.8, 4) is 22.9 Å². The van der Waals surface area contributed by atoms with Crippen LogP contribution in [0.4, 0.5) is 0 Å². The lowest BCUT2D eigenvalue weighted by Crippen LogP contribution is -2.34. The molecule has 0 fully saturated rings. The van der Waals surface area contributed by atoms with E-state index in [1.807, 2.05) is 67.7 Å². The van der Waals surface area contributed by atoms with Crippen LogP contribution in [-0.2, 0) is 24.9 Å². The third-order valence-corrected chi connectivity index (χ3v) is 6.02. The Bertz CT molecular complexity index is 1250. The molecular weight excluding hydrogens is 462 g/mol. The molecule has 0 radical (unpaired) electrons. The van der Waals surface area contributed by atoms with Crippen molar-refractivity contribution in [2.45, 2.75) is 26.1 Å². The number of aliphatic hydroxyl groups is 1. The second-order valence-electron chi connectivity index (χ2n) is 9.17. The van der Waals surface area contributed by atoms with E-state index in [1.54, 1.807) is 10.8 Å². The summed E-state index contributed by atoms with van der Waals surface area (Å²) in [5.41, 5.74) is 5.17. The number of aryl methyl sites for hydroxylation is 2. The fourth-order valence-corrected chi connectivity index (χ4v) is 4.26. The summed E-state index contributed by atoms with van der Waals surface area (Å²) >= 11 is 0. The molecule has 6 heteroatoms. The van der Waals surface area contributed by atoms with Crippen LogP contribution >= 0.6 is 0 Å². The van der Waals surface area contributed by atoms with Gasteiger partial charge in [0.15, 0.2) is 0 Å². The summed E-state index contributed by atoms with van der Waals surface area (Å²) in [5.74, 6) is 1.43. The van der Waals surface area contributed by atoms with Crippen LogP contribution in [0.5, 0.6) is 11.6 Å². The SMILES string of the molecule is C=CCOC[C@@H](O)CN(Cc1ccccc1)Cc1c(-c2ccccc2)nn(C)c1Oc1ccc(C)cc1. The highest BCUT2D eigenvalue weighted by Crippen LogP contribution is 2.34. The van der Waals surface area contributed by atoms with E-state index < -0.39 is 6.10 Å². The van der Waals surface area contributed by atoms with Crippen molar-refractivity contribution in [2.75, 3.05) is 19.8 Å². The van der Waals surface area contributed by atoms with Crippen molar-refractivity contribution in [3.05, 3.63) is 114 Å². The summed E-state index contributed by atoms with van der Waals surface area (Å²) in [5, 5.41) is 15.6. The van der Waals surface area contributed by atoms with Gasteiger partial charge in [-0.3, -0.25) is 4.90 Å². The zero-order valence-corrected chi connectivity index (χ0v) is 21.6. The second kappa shape index (κ2) is 13.0. The van der Waals surface area contributed by atoms with Crippen molar-refractivity contribution in [1.29, 1.82) is 0 Å². The Morgan fingerprint density at radius 1 is 0.973 bits per heavy atom. The summed E-state index contributed by atoms with van der Waals surface area (Å²) in [4.78, 5) is 2.21. The summed E-state index contributed by atoms with van der Waals surface area (Å²) in [6.07, 6.45) is 1.03. The molecule has 4 aromatic rings. The lowest BCUT2D eigenvalue weighted by atomic mass is 10.1. The molecule has 0 bridgehead atoms. The first kappa shape index (κ1) is 26.4. The smallest absolute Gasteiger partial charge is 0.222 e. The zero-order chi connectivity index (χ0) is 26.0. The van der Waals surface area contributed by atoms with E-state index in [0.717, 1.165) is 28.1 Å². The molecule has 0 spiro atoms. The van der Waals surface area contributed by atoms with Gasteiger partial charge in [-0.05, 0) is 24.6 Å². The van der Waals surface area contributed by atoms with Gasteiger partial charge in [0.2, 0.25) is 5.88 Å². The second-order valence-corrected chi connectivity index (χ2v) is 9.17. The van der Waals surface area contributed by atoms with Gasteiger partial charge in [0.05, 0.1) is 24.9 Å². The van der Waals surface area contributed by atoms with Gasteiger partial charge in [0.25, 0.3) is 0 Å². The predicted octanol–water partition coefficient (Wildman–Crippen LogP) is 5.75. The van der Waals surface area contributed by atoms with Crippen LogP contribution in [0.2, 0.25) is 0 Å². The number of benzene rings is 3.